The molecule has 0 bridgehead atoms. The van der Waals surface area contributed by atoms with E-state index in [-0.39, 0.29) is 34.9 Å². The summed E-state index contributed by atoms with van der Waals surface area (Å²) in [6.45, 7) is 2.46. The highest BCUT2D eigenvalue weighted by atomic mass is 32.1. The average molecular weight is 576 g/mol. The van der Waals surface area contributed by atoms with Gasteiger partial charge < -0.3 is 15.4 Å². The van der Waals surface area contributed by atoms with Gasteiger partial charge >= 0.3 is 12.4 Å². The number of rotatable bonds is 8. The molecule has 3 aromatic rings. The number of nitrogens with zero attached hydrogens (tertiary/aromatic N) is 5. The molecule has 0 unspecified atom stereocenters. The number of hydrogen-bond acceptors (Lipinski definition) is 9. The number of nitrogens with one attached hydrogen (secondary N) is 2. The maximum atomic E-state index is 12.9. The number of alkyl halides is 6. The van der Waals surface area contributed by atoms with Gasteiger partial charge in [0, 0.05) is 19.2 Å². The van der Waals surface area contributed by atoms with Crippen molar-refractivity contribution in [1.82, 2.24) is 24.2 Å². The number of anilines is 3. The smallest absolute Gasteiger partial charge is 0.434 e. The molecule has 2 N–H and O–H groups in total. The molecule has 210 valence electrons. The van der Waals surface area contributed by atoms with Crippen LogP contribution < -0.4 is 15.4 Å². The molecule has 1 fully saturated rings. The van der Waals surface area contributed by atoms with E-state index < -0.39 is 30.4 Å². The molecular weight excluding hydrogens is 552 g/mol. The third-order valence-electron chi connectivity index (χ3n) is 5.73. The van der Waals surface area contributed by atoms with Crippen molar-refractivity contribution in [3.63, 3.8) is 0 Å². The summed E-state index contributed by atoms with van der Waals surface area (Å²) < 4.78 is 85.7. The SMILES string of the molecule is Cc1nsc(Nc2cnc(C(F)(F)F)cn2)c1C(=O)Nc1ccc(O[C@H]2CCCN(CCC(F)(F)F)C2)nc1. The monoisotopic (exact) mass is 575 g/mol. The lowest BCUT2D eigenvalue weighted by molar-refractivity contribution is -0.141. The van der Waals surface area contributed by atoms with Crippen LogP contribution in [-0.4, -0.2) is 62.0 Å². The minimum Gasteiger partial charge on any atom is -0.473 e. The third kappa shape index (κ3) is 7.98. The number of piperidine rings is 1. The number of likely N-dealkylation sites (tertiary alicyclic amines) is 1. The van der Waals surface area contributed by atoms with Crippen LogP contribution in [0.1, 0.15) is 41.0 Å². The first-order chi connectivity index (χ1) is 18.4. The summed E-state index contributed by atoms with van der Waals surface area (Å²) in [5.74, 6) is -0.262. The first-order valence-corrected chi connectivity index (χ1v) is 12.5. The first kappa shape index (κ1) is 28.5. The minimum absolute atomic E-state index is 0.00329. The number of aromatic nitrogens is 4. The number of aryl methyl sites for hydroxylation is 1. The zero-order valence-electron chi connectivity index (χ0n) is 20.4. The van der Waals surface area contributed by atoms with E-state index in [1.807, 2.05) is 0 Å². The number of amides is 1. The van der Waals surface area contributed by atoms with Crippen LogP contribution in [0, 0.1) is 6.92 Å². The lowest BCUT2D eigenvalue weighted by Gasteiger charge is -2.32. The molecule has 16 heteroatoms. The van der Waals surface area contributed by atoms with Gasteiger partial charge in [0.15, 0.2) is 5.69 Å². The minimum atomic E-state index is -4.63. The van der Waals surface area contributed by atoms with Crippen LogP contribution in [0.15, 0.2) is 30.7 Å². The molecule has 1 amide bonds. The molecule has 1 saturated heterocycles. The molecule has 9 nitrogen and oxygen atoms in total. The van der Waals surface area contributed by atoms with Crippen molar-refractivity contribution >= 4 is 33.9 Å². The van der Waals surface area contributed by atoms with Crippen molar-refractivity contribution in [3.05, 3.63) is 47.7 Å². The molecule has 0 spiro atoms. The van der Waals surface area contributed by atoms with Gasteiger partial charge in [0.1, 0.15) is 16.9 Å². The molecule has 4 rings (SSSR count). The van der Waals surface area contributed by atoms with Gasteiger partial charge in [0.2, 0.25) is 5.88 Å². The lowest BCUT2D eigenvalue weighted by Crippen LogP contribution is -2.42. The predicted molar refractivity (Wildman–Crippen MR) is 130 cm³/mol. The normalized spacial score (nSPS) is 16.6. The summed E-state index contributed by atoms with van der Waals surface area (Å²) in [6, 6.07) is 3.11. The lowest BCUT2D eigenvalue weighted by atomic mass is 10.1. The van der Waals surface area contributed by atoms with Gasteiger partial charge in [-0.25, -0.2) is 15.0 Å². The Kier molecular flexibility index (Phi) is 8.54. The fourth-order valence-corrected chi connectivity index (χ4v) is 4.66. The van der Waals surface area contributed by atoms with Crippen molar-refractivity contribution in [2.45, 2.75) is 44.6 Å². The Labute approximate surface area is 222 Å². The Balaban J connectivity index is 1.35. The van der Waals surface area contributed by atoms with Crippen LogP contribution in [0.25, 0.3) is 0 Å². The van der Waals surface area contributed by atoms with Gasteiger partial charge in [-0.2, -0.15) is 30.7 Å². The van der Waals surface area contributed by atoms with Crippen molar-refractivity contribution in [2.24, 2.45) is 0 Å². The number of halogens is 6. The molecule has 0 radical (unpaired) electrons. The van der Waals surface area contributed by atoms with E-state index in [1.54, 1.807) is 24.0 Å². The molecule has 3 aromatic heterocycles. The molecule has 4 heterocycles. The molecule has 0 aromatic carbocycles. The van der Waals surface area contributed by atoms with E-state index in [2.05, 4.69) is 30.0 Å². The van der Waals surface area contributed by atoms with Gasteiger partial charge in [-0.1, -0.05) is 0 Å². The van der Waals surface area contributed by atoms with Crippen LogP contribution in [0.5, 0.6) is 5.88 Å². The Morgan fingerprint density at radius 1 is 1.13 bits per heavy atom. The van der Waals surface area contributed by atoms with E-state index in [0.29, 0.717) is 43.5 Å². The van der Waals surface area contributed by atoms with Crippen LogP contribution in [-0.2, 0) is 6.18 Å². The second kappa shape index (κ2) is 11.7. The molecule has 39 heavy (non-hydrogen) atoms. The number of carbonyl (C=O) groups excluding carboxylic acids is 1. The molecule has 0 aliphatic carbocycles. The van der Waals surface area contributed by atoms with Gasteiger partial charge in [-0.15, -0.1) is 0 Å². The van der Waals surface area contributed by atoms with E-state index in [1.165, 1.54) is 6.20 Å². The Morgan fingerprint density at radius 3 is 2.56 bits per heavy atom. The Hall–Kier alpha value is -3.53. The molecule has 1 atom stereocenters. The van der Waals surface area contributed by atoms with Crippen LogP contribution >= 0.6 is 11.5 Å². The zero-order valence-corrected chi connectivity index (χ0v) is 21.3. The summed E-state index contributed by atoms with van der Waals surface area (Å²) in [4.78, 5) is 25.9. The topological polar surface area (TPSA) is 105 Å². The average Bonchev–Trinajstić information content (AvgIpc) is 3.23. The van der Waals surface area contributed by atoms with Crippen LogP contribution in [0.4, 0.5) is 42.8 Å². The van der Waals surface area contributed by atoms with Crippen LogP contribution in [0.3, 0.4) is 0 Å². The van der Waals surface area contributed by atoms with E-state index >= 15 is 0 Å². The first-order valence-electron chi connectivity index (χ1n) is 11.7. The maximum Gasteiger partial charge on any atom is 0.434 e. The second-order valence-corrected chi connectivity index (χ2v) is 9.54. The predicted octanol–water partition coefficient (Wildman–Crippen LogP) is 5.45. The molecule has 1 aliphatic rings. The van der Waals surface area contributed by atoms with Crippen LogP contribution in [0.2, 0.25) is 0 Å². The fraction of sp³-hybridized carbons (Fsp3) is 0.435. The van der Waals surface area contributed by atoms with Crippen molar-refractivity contribution in [2.75, 3.05) is 30.3 Å². The highest BCUT2D eigenvalue weighted by molar-refractivity contribution is 7.10. The van der Waals surface area contributed by atoms with Crippen molar-refractivity contribution in [3.8, 4) is 5.88 Å². The summed E-state index contributed by atoms with van der Waals surface area (Å²) in [6.07, 6.45) is -5.75. The fourth-order valence-electron chi connectivity index (χ4n) is 3.86. The third-order valence-corrected chi connectivity index (χ3v) is 6.58. The number of hydrogen-bond donors (Lipinski definition) is 2. The van der Waals surface area contributed by atoms with E-state index in [4.69, 9.17) is 4.74 Å². The van der Waals surface area contributed by atoms with Gasteiger partial charge in [-0.3, -0.25) is 9.69 Å². The Morgan fingerprint density at radius 2 is 1.92 bits per heavy atom. The molecule has 1 aliphatic heterocycles. The summed E-state index contributed by atoms with van der Waals surface area (Å²) in [5.41, 5.74) is -0.245. The second-order valence-electron chi connectivity index (χ2n) is 8.77. The van der Waals surface area contributed by atoms with E-state index in [9.17, 15) is 31.1 Å². The Bertz CT molecular complexity index is 1270. The highest BCUT2D eigenvalue weighted by Gasteiger charge is 2.33. The van der Waals surface area contributed by atoms with Crippen molar-refractivity contribution < 1.29 is 35.9 Å². The summed E-state index contributed by atoms with van der Waals surface area (Å²) in [7, 11) is 0. The number of carbonyl (C=O) groups is 1. The molecular formula is C23H23F6N7O2S. The maximum absolute atomic E-state index is 12.9. The highest BCUT2D eigenvalue weighted by Crippen LogP contribution is 2.30. The standard InChI is InChI=1S/C23H23F6N7O2S/c1-13-19(21(39-35-13)34-17-11-30-16(10-31-17)23(27,28)29)20(37)33-14-4-5-18(32-9-14)38-15-3-2-7-36(12-15)8-6-22(24,25)26/h4-5,9-11,15H,2-3,6-8,12H2,1H3,(H,31,34)(H,33,37)/t15-/m0/s1. The van der Waals surface area contributed by atoms with Crippen molar-refractivity contribution in [1.29, 1.82) is 0 Å². The zero-order chi connectivity index (χ0) is 28.2. The van der Waals surface area contributed by atoms with E-state index in [0.717, 1.165) is 17.7 Å². The quantitative estimate of drug-likeness (QED) is 0.342. The summed E-state index contributed by atoms with van der Waals surface area (Å²) >= 11 is 0.932. The van der Waals surface area contributed by atoms with Gasteiger partial charge in [0.05, 0.1) is 42.0 Å². The number of ether oxygens (including phenoxy) is 1. The largest absolute Gasteiger partial charge is 0.473 e. The van der Waals surface area contributed by atoms with Gasteiger partial charge in [-0.05, 0) is 43.9 Å². The van der Waals surface area contributed by atoms with Gasteiger partial charge in [0.25, 0.3) is 5.91 Å². The number of pyridine rings is 1. The molecule has 0 saturated carbocycles. The summed E-state index contributed by atoms with van der Waals surface area (Å²) in [5, 5.41) is 5.71.